The van der Waals surface area contributed by atoms with Gasteiger partial charge in [-0.05, 0) is 12.1 Å². The van der Waals surface area contributed by atoms with Crippen molar-refractivity contribution in [3.63, 3.8) is 0 Å². The normalized spacial score (nSPS) is 17.3. The molecule has 1 atom stereocenters. The number of aryl methyl sites for hydroxylation is 1. The zero-order valence-corrected chi connectivity index (χ0v) is 20.1. The number of halogens is 5. The molecule has 0 aliphatic carbocycles. The number of ether oxygens (including phenoxy) is 2. The molecule has 0 fully saturated rings. The summed E-state index contributed by atoms with van der Waals surface area (Å²) in [7, 11) is 1.88. The lowest BCUT2D eigenvalue weighted by molar-refractivity contribution is -0.391. The number of nitrogens with zero attached hydrogens (tertiary/aromatic N) is 4. The van der Waals surface area contributed by atoms with Gasteiger partial charge in [-0.2, -0.15) is 17.6 Å². The molecule has 3 aromatic heterocycles. The molecular formula is C20H15ClF4N4O3S2. The first-order valence-electron chi connectivity index (χ1n) is 9.78. The Kier molecular flexibility index (Phi) is 5.22. The highest BCUT2D eigenvalue weighted by Gasteiger charge is 2.66. The Morgan fingerprint density at radius 3 is 2.26 bits per heavy atom. The first kappa shape index (κ1) is 23.1. The quantitative estimate of drug-likeness (QED) is 0.326. The molecule has 1 aromatic carbocycles. The topological polar surface area (TPSA) is 71.2 Å². The zero-order valence-electron chi connectivity index (χ0n) is 17.7. The second-order valence-electron chi connectivity index (χ2n) is 7.41. The van der Waals surface area contributed by atoms with E-state index >= 15 is 0 Å². The van der Waals surface area contributed by atoms with Gasteiger partial charge in [-0.25, -0.2) is 9.97 Å². The van der Waals surface area contributed by atoms with Gasteiger partial charge in [0.1, 0.15) is 10.7 Å². The molecule has 4 heterocycles. The fourth-order valence-electron chi connectivity index (χ4n) is 3.65. The van der Waals surface area contributed by atoms with Crippen molar-refractivity contribution < 1.29 is 31.2 Å². The molecule has 5 rings (SSSR count). The number of thiophene rings is 1. The van der Waals surface area contributed by atoms with Crippen molar-refractivity contribution in [2.24, 2.45) is 14.1 Å². The first-order valence-corrected chi connectivity index (χ1v) is 12.3. The Balaban J connectivity index is 1.71. The monoisotopic (exact) mass is 534 g/mol. The second-order valence-corrected chi connectivity index (χ2v) is 10.8. The van der Waals surface area contributed by atoms with Gasteiger partial charge in [0.05, 0.1) is 31.0 Å². The van der Waals surface area contributed by atoms with Gasteiger partial charge < -0.3 is 18.6 Å². The fraction of sp³-hybridized carbons (Fsp3) is 0.300. The van der Waals surface area contributed by atoms with Gasteiger partial charge in [0, 0.05) is 32.0 Å². The predicted octanol–water partition coefficient (Wildman–Crippen LogP) is 5.44. The van der Waals surface area contributed by atoms with Crippen LogP contribution >= 0.6 is 22.9 Å². The van der Waals surface area contributed by atoms with Crippen molar-refractivity contribution in [1.82, 2.24) is 19.1 Å². The highest BCUT2D eigenvalue weighted by atomic mass is 35.5. The molecular weight excluding hydrogens is 520 g/mol. The van der Waals surface area contributed by atoms with Crippen molar-refractivity contribution in [3.05, 3.63) is 28.6 Å². The van der Waals surface area contributed by atoms with Gasteiger partial charge in [0.2, 0.25) is 0 Å². The SMILES string of the molecule is CCS(=O)c1c(-c2nc3cc4c(cc3n2C)OC(F)(F)C(F)(F)O4)nc(-c2ccc(Cl)s2)n1C. The van der Waals surface area contributed by atoms with Gasteiger partial charge >= 0.3 is 12.2 Å². The maximum absolute atomic E-state index is 13.6. The van der Waals surface area contributed by atoms with Crippen molar-refractivity contribution in [2.45, 2.75) is 24.2 Å². The maximum Gasteiger partial charge on any atom is 0.507 e. The molecule has 0 saturated heterocycles. The minimum Gasteiger partial charge on any atom is -0.421 e. The summed E-state index contributed by atoms with van der Waals surface area (Å²) in [6.45, 7) is 1.76. The molecule has 0 amide bonds. The molecule has 4 aromatic rings. The van der Waals surface area contributed by atoms with Crippen molar-refractivity contribution in [1.29, 1.82) is 0 Å². The van der Waals surface area contributed by atoms with Crippen LogP contribution in [0.5, 0.6) is 11.5 Å². The lowest BCUT2D eigenvalue weighted by Gasteiger charge is -2.31. The van der Waals surface area contributed by atoms with E-state index < -0.39 is 34.5 Å². The van der Waals surface area contributed by atoms with Crippen LogP contribution in [0, 0.1) is 0 Å². The van der Waals surface area contributed by atoms with E-state index in [0.717, 1.165) is 17.0 Å². The van der Waals surface area contributed by atoms with E-state index in [2.05, 4.69) is 19.4 Å². The van der Waals surface area contributed by atoms with Crippen LogP contribution in [0.2, 0.25) is 4.34 Å². The lowest BCUT2D eigenvalue weighted by atomic mass is 10.2. The standard InChI is InChI=1S/C20H15ClF4N4O3S2/c1-4-34(30)18-15(27-16(29(18)3)13-5-6-14(21)33-13)17-26-9-7-11-12(8-10(9)28(17)2)32-20(24,25)19(22,23)31-11/h5-8H,4H2,1-3H3. The largest absolute Gasteiger partial charge is 0.507 e. The third kappa shape index (κ3) is 3.40. The number of aromatic nitrogens is 4. The number of imidazole rings is 2. The van der Waals surface area contributed by atoms with Gasteiger partial charge in [-0.3, -0.25) is 4.21 Å². The van der Waals surface area contributed by atoms with Crippen LogP contribution in [-0.2, 0) is 24.9 Å². The molecule has 0 bridgehead atoms. The summed E-state index contributed by atoms with van der Waals surface area (Å²) in [6.07, 6.45) is -9.67. The summed E-state index contributed by atoms with van der Waals surface area (Å²) in [5, 5.41) is 0.399. The van der Waals surface area contributed by atoms with E-state index in [9.17, 15) is 21.8 Å². The van der Waals surface area contributed by atoms with Crippen LogP contribution < -0.4 is 9.47 Å². The molecule has 34 heavy (non-hydrogen) atoms. The molecule has 0 radical (unpaired) electrons. The van der Waals surface area contributed by atoms with E-state index in [-0.39, 0.29) is 11.3 Å². The number of hydrogen-bond donors (Lipinski definition) is 0. The molecule has 7 nitrogen and oxygen atoms in total. The second kappa shape index (κ2) is 7.68. The number of alkyl halides is 4. The maximum atomic E-state index is 13.6. The molecule has 1 unspecified atom stereocenters. The van der Waals surface area contributed by atoms with Crippen LogP contribution in [-0.4, -0.2) is 41.3 Å². The number of benzene rings is 1. The molecule has 0 spiro atoms. The van der Waals surface area contributed by atoms with Gasteiger partial charge in [0.25, 0.3) is 0 Å². The lowest BCUT2D eigenvalue weighted by Crippen LogP contribution is -2.52. The van der Waals surface area contributed by atoms with Crippen molar-refractivity contribution >= 4 is 44.8 Å². The predicted molar refractivity (Wildman–Crippen MR) is 119 cm³/mol. The third-order valence-electron chi connectivity index (χ3n) is 5.29. The minimum absolute atomic E-state index is 0.181. The smallest absolute Gasteiger partial charge is 0.421 e. The molecule has 14 heteroatoms. The van der Waals surface area contributed by atoms with Crippen LogP contribution in [0.15, 0.2) is 29.3 Å². The fourth-order valence-corrected chi connectivity index (χ4v) is 5.73. The van der Waals surface area contributed by atoms with Gasteiger partial charge in [-0.1, -0.05) is 18.5 Å². The molecule has 180 valence electrons. The van der Waals surface area contributed by atoms with Crippen LogP contribution in [0.4, 0.5) is 17.6 Å². The summed E-state index contributed by atoms with van der Waals surface area (Å²) < 4.78 is 79.7. The van der Waals surface area contributed by atoms with E-state index in [1.54, 1.807) is 37.7 Å². The van der Waals surface area contributed by atoms with E-state index in [1.165, 1.54) is 15.9 Å². The highest BCUT2D eigenvalue weighted by molar-refractivity contribution is 7.85. The summed E-state index contributed by atoms with van der Waals surface area (Å²) in [6, 6.07) is 5.74. The Morgan fingerprint density at radius 2 is 1.68 bits per heavy atom. The van der Waals surface area contributed by atoms with E-state index in [0.29, 0.717) is 32.2 Å². The first-order chi connectivity index (χ1) is 15.9. The van der Waals surface area contributed by atoms with E-state index in [1.807, 2.05) is 0 Å². The molecule has 1 aliphatic rings. The zero-order chi connectivity index (χ0) is 24.6. The van der Waals surface area contributed by atoms with Crippen molar-refractivity contribution in [2.75, 3.05) is 5.75 Å². The third-order valence-corrected chi connectivity index (χ3v) is 7.94. The van der Waals surface area contributed by atoms with Gasteiger partial charge in [-0.15, -0.1) is 11.3 Å². The molecule has 1 aliphatic heterocycles. The van der Waals surface area contributed by atoms with E-state index in [4.69, 9.17) is 11.6 Å². The average molecular weight is 535 g/mol. The summed E-state index contributed by atoms with van der Waals surface area (Å²) >= 11 is 7.37. The summed E-state index contributed by atoms with van der Waals surface area (Å²) in [4.78, 5) is 9.88. The molecule has 0 N–H and O–H groups in total. The van der Waals surface area contributed by atoms with Crippen LogP contribution in [0.25, 0.3) is 33.3 Å². The molecule has 0 saturated carbocycles. The number of rotatable bonds is 4. The Labute approximate surface area is 201 Å². The van der Waals surface area contributed by atoms with Crippen LogP contribution in [0.1, 0.15) is 6.92 Å². The summed E-state index contributed by atoms with van der Waals surface area (Å²) in [5.41, 5.74) is 0.787. The Morgan fingerprint density at radius 1 is 1.03 bits per heavy atom. The minimum atomic E-state index is -4.84. The Bertz CT molecular complexity index is 1480. The number of hydrogen-bond acceptors (Lipinski definition) is 6. The highest BCUT2D eigenvalue weighted by Crippen LogP contribution is 2.48. The van der Waals surface area contributed by atoms with Gasteiger partial charge in [0.15, 0.2) is 23.1 Å². The van der Waals surface area contributed by atoms with Crippen LogP contribution in [0.3, 0.4) is 0 Å². The average Bonchev–Trinajstić information content (AvgIpc) is 3.42. The van der Waals surface area contributed by atoms with Crippen molar-refractivity contribution in [3.8, 4) is 33.7 Å². The Hall–Kier alpha value is -2.64. The number of fused-ring (bicyclic) bond motifs is 2. The summed E-state index contributed by atoms with van der Waals surface area (Å²) in [5.74, 6) is -0.0369.